The first-order valence-electron chi connectivity index (χ1n) is 6.77. The van der Waals surface area contributed by atoms with E-state index in [9.17, 15) is 0 Å². The van der Waals surface area contributed by atoms with E-state index >= 15 is 0 Å². The number of nitrogens with two attached hydrogens (primary N) is 1. The molecule has 0 saturated heterocycles. The number of aryl methyl sites for hydroxylation is 1. The van der Waals surface area contributed by atoms with Gasteiger partial charge in [0.1, 0.15) is 11.5 Å². The Morgan fingerprint density at radius 3 is 2.38 bits per heavy atom. The van der Waals surface area contributed by atoms with Crippen molar-refractivity contribution in [3.8, 4) is 11.5 Å². The fourth-order valence-corrected chi connectivity index (χ4v) is 2.86. The third kappa shape index (κ3) is 3.77. The highest BCUT2D eigenvalue weighted by molar-refractivity contribution is 9.10. The Balaban J connectivity index is 2.17. The minimum atomic E-state index is -0.0696. The molecule has 0 aliphatic carbocycles. The van der Waals surface area contributed by atoms with Crippen molar-refractivity contribution in [1.82, 2.24) is 0 Å². The van der Waals surface area contributed by atoms with Crippen LogP contribution in [0, 0.1) is 6.92 Å². The average Bonchev–Trinajstić information content (AvgIpc) is 2.48. The average molecular weight is 350 g/mol. The molecule has 0 aromatic heterocycles. The maximum Gasteiger partial charge on any atom is 0.133 e. The summed E-state index contributed by atoms with van der Waals surface area (Å²) in [4.78, 5) is 0. The molecule has 2 aromatic carbocycles. The van der Waals surface area contributed by atoms with Crippen molar-refractivity contribution in [2.45, 2.75) is 19.4 Å². The molecule has 2 aromatic rings. The zero-order valence-corrected chi connectivity index (χ0v) is 14.1. The summed E-state index contributed by atoms with van der Waals surface area (Å²) in [5.74, 6) is 1.70. The molecule has 0 amide bonds. The highest BCUT2D eigenvalue weighted by Crippen LogP contribution is 2.28. The van der Waals surface area contributed by atoms with E-state index in [1.807, 2.05) is 37.3 Å². The number of ether oxygens (including phenoxy) is 2. The lowest BCUT2D eigenvalue weighted by Gasteiger charge is -2.15. The lowest BCUT2D eigenvalue weighted by Crippen LogP contribution is -2.13. The summed E-state index contributed by atoms with van der Waals surface area (Å²) in [6.45, 7) is 2.02. The van der Waals surface area contributed by atoms with Gasteiger partial charge in [0.15, 0.2) is 0 Å². The number of benzene rings is 2. The van der Waals surface area contributed by atoms with Crippen LogP contribution in [-0.4, -0.2) is 14.2 Å². The SMILES string of the molecule is COc1cc(C(N)Cc2ccc(OC)c(Br)c2)ccc1C. The Morgan fingerprint density at radius 1 is 1.05 bits per heavy atom. The molecule has 1 atom stereocenters. The molecule has 21 heavy (non-hydrogen) atoms. The second-order valence-corrected chi connectivity index (χ2v) is 5.86. The standard InChI is InChI=1S/C17H20BrNO2/c1-11-4-6-13(10-17(11)21-3)15(19)9-12-5-7-16(20-2)14(18)8-12/h4-8,10,15H,9,19H2,1-3H3. The summed E-state index contributed by atoms with van der Waals surface area (Å²) in [6, 6.07) is 12.1. The van der Waals surface area contributed by atoms with Crippen LogP contribution in [0.25, 0.3) is 0 Å². The second kappa shape index (κ2) is 6.96. The van der Waals surface area contributed by atoms with Crippen LogP contribution in [0.1, 0.15) is 22.7 Å². The van der Waals surface area contributed by atoms with Gasteiger partial charge in [0.05, 0.1) is 18.7 Å². The van der Waals surface area contributed by atoms with Gasteiger partial charge in [-0.15, -0.1) is 0 Å². The first-order valence-corrected chi connectivity index (χ1v) is 7.57. The molecule has 0 fully saturated rings. The molecule has 0 aliphatic rings. The lowest BCUT2D eigenvalue weighted by molar-refractivity contribution is 0.410. The molecule has 0 radical (unpaired) electrons. The number of rotatable bonds is 5. The van der Waals surface area contributed by atoms with E-state index < -0.39 is 0 Å². The monoisotopic (exact) mass is 349 g/mol. The minimum absolute atomic E-state index is 0.0696. The molecule has 0 aliphatic heterocycles. The van der Waals surface area contributed by atoms with Crippen LogP contribution in [0.3, 0.4) is 0 Å². The fraction of sp³-hybridized carbons (Fsp3) is 0.294. The third-order valence-electron chi connectivity index (χ3n) is 3.53. The molecule has 0 spiro atoms. The summed E-state index contributed by atoms with van der Waals surface area (Å²) in [7, 11) is 3.34. The van der Waals surface area contributed by atoms with Crippen molar-refractivity contribution in [3.05, 3.63) is 57.6 Å². The fourth-order valence-electron chi connectivity index (χ4n) is 2.28. The summed E-state index contributed by atoms with van der Waals surface area (Å²) in [5.41, 5.74) is 9.67. The highest BCUT2D eigenvalue weighted by atomic mass is 79.9. The molecular formula is C17H20BrNO2. The maximum absolute atomic E-state index is 6.32. The molecule has 1 unspecified atom stereocenters. The summed E-state index contributed by atoms with van der Waals surface area (Å²) < 4.78 is 11.5. The van der Waals surface area contributed by atoms with E-state index in [1.165, 1.54) is 0 Å². The van der Waals surface area contributed by atoms with Gasteiger partial charge in [-0.25, -0.2) is 0 Å². The minimum Gasteiger partial charge on any atom is -0.496 e. The Hall–Kier alpha value is -1.52. The molecule has 2 rings (SSSR count). The van der Waals surface area contributed by atoms with Crippen LogP contribution in [-0.2, 0) is 6.42 Å². The Labute approximate surface area is 134 Å². The summed E-state index contributed by atoms with van der Waals surface area (Å²) in [5, 5.41) is 0. The van der Waals surface area contributed by atoms with Gasteiger partial charge in [0.25, 0.3) is 0 Å². The van der Waals surface area contributed by atoms with Crippen molar-refractivity contribution in [2.24, 2.45) is 5.73 Å². The molecule has 2 N–H and O–H groups in total. The topological polar surface area (TPSA) is 44.5 Å². The Bertz CT molecular complexity index is 628. The molecule has 3 nitrogen and oxygen atoms in total. The lowest BCUT2D eigenvalue weighted by atomic mass is 9.98. The van der Waals surface area contributed by atoms with Crippen LogP contribution in [0.4, 0.5) is 0 Å². The maximum atomic E-state index is 6.32. The van der Waals surface area contributed by atoms with Crippen LogP contribution in [0.2, 0.25) is 0 Å². The zero-order chi connectivity index (χ0) is 15.4. The largest absolute Gasteiger partial charge is 0.496 e. The Kier molecular flexibility index (Phi) is 5.26. The van der Waals surface area contributed by atoms with Crippen molar-refractivity contribution in [1.29, 1.82) is 0 Å². The van der Waals surface area contributed by atoms with E-state index in [4.69, 9.17) is 15.2 Å². The Morgan fingerprint density at radius 2 is 1.76 bits per heavy atom. The number of methoxy groups -OCH3 is 2. The van der Waals surface area contributed by atoms with Gasteiger partial charge >= 0.3 is 0 Å². The van der Waals surface area contributed by atoms with E-state index in [-0.39, 0.29) is 6.04 Å². The van der Waals surface area contributed by atoms with Gasteiger partial charge in [-0.05, 0) is 64.2 Å². The van der Waals surface area contributed by atoms with E-state index in [1.54, 1.807) is 14.2 Å². The number of hydrogen-bond acceptors (Lipinski definition) is 3. The van der Waals surface area contributed by atoms with Crippen molar-refractivity contribution in [3.63, 3.8) is 0 Å². The number of halogens is 1. The van der Waals surface area contributed by atoms with Crippen molar-refractivity contribution < 1.29 is 9.47 Å². The highest BCUT2D eigenvalue weighted by Gasteiger charge is 2.11. The van der Waals surface area contributed by atoms with Crippen LogP contribution in [0.5, 0.6) is 11.5 Å². The van der Waals surface area contributed by atoms with Crippen LogP contribution in [0.15, 0.2) is 40.9 Å². The first-order chi connectivity index (χ1) is 10.0. The molecule has 4 heteroatoms. The predicted octanol–water partition coefficient (Wildman–Crippen LogP) is 4.02. The van der Waals surface area contributed by atoms with E-state index in [0.717, 1.165) is 39.1 Å². The number of hydrogen-bond donors (Lipinski definition) is 1. The first kappa shape index (κ1) is 15.9. The van der Waals surface area contributed by atoms with Gasteiger partial charge in [0.2, 0.25) is 0 Å². The van der Waals surface area contributed by atoms with E-state index in [0.29, 0.717) is 0 Å². The van der Waals surface area contributed by atoms with Crippen molar-refractivity contribution >= 4 is 15.9 Å². The zero-order valence-electron chi connectivity index (χ0n) is 12.5. The third-order valence-corrected chi connectivity index (χ3v) is 4.15. The van der Waals surface area contributed by atoms with Crippen LogP contribution >= 0.6 is 15.9 Å². The molecular weight excluding hydrogens is 330 g/mol. The van der Waals surface area contributed by atoms with Gasteiger partial charge in [-0.1, -0.05) is 18.2 Å². The molecule has 112 valence electrons. The van der Waals surface area contributed by atoms with Crippen LogP contribution < -0.4 is 15.2 Å². The molecule has 0 heterocycles. The summed E-state index contributed by atoms with van der Waals surface area (Å²) in [6.07, 6.45) is 0.759. The second-order valence-electron chi connectivity index (χ2n) is 5.01. The van der Waals surface area contributed by atoms with Gasteiger partial charge in [0, 0.05) is 6.04 Å². The quantitative estimate of drug-likeness (QED) is 0.886. The van der Waals surface area contributed by atoms with Crippen molar-refractivity contribution in [2.75, 3.05) is 14.2 Å². The van der Waals surface area contributed by atoms with Gasteiger partial charge < -0.3 is 15.2 Å². The van der Waals surface area contributed by atoms with Gasteiger partial charge in [-0.3, -0.25) is 0 Å². The predicted molar refractivity (Wildman–Crippen MR) is 89.1 cm³/mol. The van der Waals surface area contributed by atoms with E-state index in [2.05, 4.69) is 22.0 Å². The normalized spacial score (nSPS) is 12.0. The van der Waals surface area contributed by atoms with Gasteiger partial charge in [-0.2, -0.15) is 0 Å². The summed E-state index contributed by atoms with van der Waals surface area (Å²) >= 11 is 3.50. The smallest absolute Gasteiger partial charge is 0.133 e. The molecule has 0 saturated carbocycles. The molecule has 0 bridgehead atoms.